The third-order valence-electron chi connectivity index (χ3n) is 4.79. The van der Waals surface area contributed by atoms with Gasteiger partial charge in [0.2, 0.25) is 11.7 Å². The molecule has 0 saturated carbocycles. The number of fused-ring (bicyclic) bond motifs is 1. The highest BCUT2D eigenvalue weighted by Gasteiger charge is 2.49. The van der Waals surface area contributed by atoms with Gasteiger partial charge in [-0.25, -0.2) is 0 Å². The van der Waals surface area contributed by atoms with Gasteiger partial charge in [-0.1, -0.05) is 32.9 Å². The molecule has 2 aliphatic rings. The first kappa shape index (κ1) is 14.9. The summed E-state index contributed by atoms with van der Waals surface area (Å²) in [6.07, 6.45) is 2.57. The molecule has 1 atom stereocenters. The quantitative estimate of drug-likeness (QED) is 0.811. The first-order valence-electron chi connectivity index (χ1n) is 8.06. The molecular formula is C18H22N2O3. The fraction of sp³-hybridized carbons (Fsp3) is 0.500. The summed E-state index contributed by atoms with van der Waals surface area (Å²) in [4.78, 5) is 12.8. The molecule has 1 aromatic heterocycles. The highest BCUT2D eigenvalue weighted by molar-refractivity contribution is 5.98. The monoisotopic (exact) mass is 314 g/mol. The minimum absolute atomic E-state index is 0.0729. The summed E-state index contributed by atoms with van der Waals surface area (Å²) in [5, 5.41) is 1.05. The molecule has 0 amide bonds. The minimum atomic E-state index is -0.872. The molecule has 2 N–H and O–H groups in total. The molecule has 1 aliphatic carbocycles. The van der Waals surface area contributed by atoms with Crippen molar-refractivity contribution in [3.63, 3.8) is 0 Å². The molecule has 1 unspecified atom stereocenters. The van der Waals surface area contributed by atoms with E-state index in [0.29, 0.717) is 19.6 Å². The zero-order chi connectivity index (χ0) is 16.4. The van der Waals surface area contributed by atoms with Gasteiger partial charge in [0.05, 0.1) is 24.8 Å². The molecule has 1 aliphatic heterocycles. The number of nitrogens with zero attached hydrogens (tertiary/aromatic N) is 1. The second kappa shape index (κ2) is 4.66. The van der Waals surface area contributed by atoms with Crippen LogP contribution in [0.5, 0.6) is 0 Å². The lowest BCUT2D eigenvalue weighted by Crippen LogP contribution is -2.49. The third-order valence-corrected chi connectivity index (χ3v) is 4.79. The molecule has 0 bridgehead atoms. The molecule has 4 rings (SSSR count). The van der Waals surface area contributed by atoms with Crippen molar-refractivity contribution in [2.24, 2.45) is 11.1 Å². The van der Waals surface area contributed by atoms with Crippen LogP contribution < -0.4 is 5.73 Å². The van der Waals surface area contributed by atoms with Crippen molar-refractivity contribution in [3.8, 4) is 0 Å². The zero-order valence-corrected chi connectivity index (χ0v) is 13.8. The van der Waals surface area contributed by atoms with Crippen LogP contribution in [0.3, 0.4) is 0 Å². The van der Waals surface area contributed by atoms with Gasteiger partial charge in [-0.2, -0.15) is 0 Å². The van der Waals surface area contributed by atoms with Crippen LogP contribution in [-0.2, 0) is 21.7 Å². The maximum Gasteiger partial charge on any atom is 0.236 e. The van der Waals surface area contributed by atoms with Crippen LogP contribution >= 0.6 is 0 Å². The van der Waals surface area contributed by atoms with Gasteiger partial charge in [0.15, 0.2) is 0 Å². The van der Waals surface area contributed by atoms with Crippen molar-refractivity contribution in [1.29, 1.82) is 0 Å². The summed E-state index contributed by atoms with van der Waals surface area (Å²) in [6, 6.07) is 5.65. The summed E-state index contributed by atoms with van der Waals surface area (Å²) >= 11 is 0. The van der Waals surface area contributed by atoms with Crippen LogP contribution in [0.2, 0.25) is 0 Å². The molecule has 1 saturated heterocycles. The first-order valence-corrected chi connectivity index (χ1v) is 8.06. The van der Waals surface area contributed by atoms with Gasteiger partial charge < -0.3 is 15.2 Å². The van der Waals surface area contributed by atoms with E-state index in [1.54, 1.807) is 4.57 Å². The normalized spacial score (nSPS) is 22.9. The first-order chi connectivity index (χ1) is 10.8. The van der Waals surface area contributed by atoms with E-state index in [4.69, 9.17) is 15.2 Å². The molecule has 0 radical (unpaired) electrons. The third kappa shape index (κ3) is 1.94. The van der Waals surface area contributed by atoms with Crippen molar-refractivity contribution < 1.29 is 14.3 Å². The lowest BCUT2D eigenvalue weighted by Gasteiger charge is -2.37. The van der Waals surface area contributed by atoms with E-state index < -0.39 is 11.2 Å². The fourth-order valence-corrected chi connectivity index (χ4v) is 3.71. The second-order valence-electron chi connectivity index (χ2n) is 7.45. The molecule has 2 heterocycles. The lowest BCUT2D eigenvalue weighted by atomic mass is 9.84. The number of carbonyl (C=O) groups excluding carboxylic acids is 1. The number of hydrogen-bond donors (Lipinski definition) is 1. The Morgan fingerprint density at radius 3 is 2.65 bits per heavy atom. The Morgan fingerprint density at radius 1 is 1.30 bits per heavy atom. The molecule has 1 spiro atoms. The maximum atomic E-state index is 12.8. The fourth-order valence-electron chi connectivity index (χ4n) is 3.71. The van der Waals surface area contributed by atoms with Gasteiger partial charge >= 0.3 is 0 Å². The Hall–Kier alpha value is -1.69. The number of carbonyl (C=O) groups is 1. The van der Waals surface area contributed by atoms with E-state index in [1.807, 2.05) is 45.2 Å². The van der Waals surface area contributed by atoms with E-state index in [-0.39, 0.29) is 11.9 Å². The lowest BCUT2D eigenvalue weighted by molar-refractivity contribution is -0.182. The van der Waals surface area contributed by atoms with Crippen LogP contribution in [0.4, 0.5) is 0 Å². The predicted octanol–water partition coefficient (Wildman–Crippen LogP) is 2.41. The summed E-state index contributed by atoms with van der Waals surface area (Å²) in [5.41, 5.74) is 8.88. The predicted molar refractivity (Wildman–Crippen MR) is 87.3 cm³/mol. The Bertz CT molecular complexity index is 794. The van der Waals surface area contributed by atoms with Gasteiger partial charge in [0.25, 0.3) is 0 Å². The van der Waals surface area contributed by atoms with Crippen LogP contribution in [-0.4, -0.2) is 29.7 Å². The van der Waals surface area contributed by atoms with Crippen molar-refractivity contribution in [3.05, 3.63) is 35.5 Å². The molecule has 5 heteroatoms. The second-order valence-corrected chi connectivity index (χ2v) is 7.45. The highest BCUT2D eigenvalue weighted by atomic mass is 16.7. The van der Waals surface area contributed by atoms with Crippen LogP contribution in [0.1, 0.15) is 36.7 Å². The van der Waals surface area contributed by atoms with Gasteiger partial charge in [-0.05, 0) is 18.1 Å². The molecule has 1 fully saturated rings. The van der Waals surface area contributed by atoms with Gasteiger partial charge in [0, 0.05) is 22.6 Å². The highest BCUT2D eigenvalue weighted by Crippen LogP contribution is 2.45. The Balaban J connectivity index is 1.98. The number of rotatable bonds is 0. The molecule has 23 heavy (non-hydrogen) atoms. The minimum Gasteiger partial charge on any atom is -0.342 e. The smallest absolute Gasteiger partial charge is 0.236 e. The van der Waals surface area contributed by atoms with Crippen molar-refractivity contribution >= 4 is 16.8 Å². The average Bonchev–Trinajstić information content (AvgIpc) is 3.10. The topological polar surface area (TPSA) is 66.5 Å². The van der Waals surface area contributed by atoms with E-state index in [9.17, 15) is 4.79 Å². The van der Waals surface area contributed by atoms with E-state index in [0.717, 1.165) is 22.0 Å². The molecule has 1 aromatic carbocycles. The summed E-state index contributed by atoms with van der Waals surface area (Å²) in [7, 11) is 0. The van der Waals surface area contributed by atoms with E-state index >= 15 is 0 Å². The van der Waals surface area contributed by atoms with Gasteiger partial charge in [-0.3, -0.25) is 9.36 Å². The summed E-state index contributed by atoms with van der Waals surface area (Å²) in [6.45, 7) is 6.88. The molecule has 2 aromatic rings. The van der Waals surface area contributed by atoms with Crippen molar-refractivity contribution in [1.82, 2.24) is 4.57 Å². The van der Waals surface area contributed by atoms with Crippen LogP contribution in [0.15, 0.2) is 24.4 Å². The van der Waals surface area contributed by atoms with Crippen molar-refractivity contribution in [2.45, 2.75) is 39.0 Å². The molecule has 122 valence electrons. The van der Waals surface area contributed by atoms with Crippen molar-refractivity contribution in [2.75, 3.05) is 13.2 Å². The molecule has 5 nitrogen and oxygen atoms in total. The summed E-state index contributed by atoms with van der Waals surface area (Å²) in [5.74, 6) is -0.799. The average molecular weight is 314 g/mol. The van der Waals surface area contributed by atoms with Crippen LogP contribution in [0.25, 0.3) is 10.9 Å². The Labute approximate surface area is 135 Å². The van der Waals surface area contributed by atoms with Gasteiger partial charge in [-0.15, -0.1) is 0 Å². The largest absolute Gasteiger partial charge is 0.342 e. The SMILES string of the molecule is CC(C)(C)C(=O)n1cc2c3c(cccc31)C1(OCCO1)C(N)C2. The Morgan fingerprint density at radius 2 is 2.00 bits per heavy atom. The number of nitrogens with two attached hydrogens (primary N) is 1. The van der Waals surface area contributed by atoms with Gasteiger partial charge in [0.1, 0.15) is 0 Å². The van der Waals surface area contributed by atoms with E-state index in [1.165, 1.54) is 0 Å². The Kier molecular flexibility index (Phi) is 3.01. The molecular weight excluding hydrogens is 292 g/mol. The maximum absolute atomic E-state index is 12.8. The summed E-state index contributed by atoms with van der Waals surface area (Å²) < 4.78 is 13.6. The number of hydrogen-bond acceptors (Lipinski definition) is 4. The van der Waals surface area contributed by atoms with Crippen LogP contribution in [0, 0.1) is 5.41 Å². The number of benzene rings is 1. The van der Waals surface area contributed by atoms with E-state index in [2.05, 4.69) is 0 Å². The standard InChI is InChI=1S/C18H22N2O3/c1-17(2,3)16(21)20-10-11-9-14(19)18(22-7-8-23-18)12-5-4-6-13(20)15(11)12/h4-6,10,14H,7-9,19H2,1-3H3. The zero-order valence-electron chi connectivity index (χ0n) is 13.8. The number of aromatic nitrogens is 1. The number of ether oxygens (including phenoxy) is 2.